The first-order chi connectivity index (χ1) is 7.16. The van der Waals surface area contributed by atoms with Gasteiger partial charge in [-0.3, -0.25) is 0 Å². The molecule has 9 heteroatoms. The van der Waals surface area contributed by atoms with Gasteiger partial charge in [0.15, 0.2) is 0 Å². The van der Waals surface area contributed by atoms with E-state index in [-0.39, 0.29) is 0 Å². The van der Waals surface area contributed by atoms with Gasteiger partial charge in [0.05, 0.1) is 0 Å². The maximum absolute atomic E-state index is 8.57. The van der Waals surface area contributed by atoms with Crippen LogP contribution in [0.15, 0.2) is 0 Å². The fourth-order valence-corrected chi connectivity index (χ4v) is 0. The third-order valence-electron chi connectivity index (χ3n) is 0.500. The van der Waals surface area contributed by atoms with Crippen LogP contribution in [-0.4, -0.2) is 58.9 Å². The van der Waals surface area contributed by atoms with Crippen LogP contribution in [-0.2, 0) is 3.80 Å². The first-order valence-electron chi connectivity index (χ1n) is 4.44. The number of nitrogens with two attached hydrogens (primary N) is 6. The Balaban J connectivity index is -0.0000000542. The van der Waals surface area contributed by atoms with Crippen LogP contribution in [0, 0.1) is 0 Å². The fraction of sp³-hybridized carbons (Fsp3) is 1.00. The fourth-order valence-electron chi connectivity index (χ4n) is 0. The second kappa shape index (κ2) is 48.6. The molecule has 0 aromatic rings. The van der Waals surface area contributed by atoms with E-state index in [2.05, 4.69) is 0 Å². The van der Waals surface area contributed by atoms with E-state index in [1.807, 2.05) is 0 Å². The van der Waals surface area contributed by atoms with Crippen LogP contribution >= 0.6 is 0 Å². The molecule has 0 atom stereocenters. The molecule has 8 nitrogen and oxygen atoms in total. The minimum atomic E-state index is -1.50. The average Bonchev–Trinajstić information content (AvgIpc) is 2.30. The molecule has 0 radical (unpaired) electrons. The van der Waals surface area contributed by atoms with Crippen LogP contribution < -0.4 is 34.4 Å². The third kappa shape index (κ3) is 235. The molecule has 0 saturated heterocycles. The summed E-state index contributed by atoms with van der Waals surface area (Å²) >= 11 is -1.50. The normalized spacial score (nSPS) is 6.53. The summed E-state index contributed by atoms with van der Waals surface area (Å²) in [6.45, 7) is 3.58. The monoisotopic (exact) mass is 240 g/mol. The van der Waals surface area contributed by atoms with Crippen molar-refractivity contribution in [1.29, 1.82) is 0 Å². The molecule has 13 N–H and O–H groups in total. The second-order valence-electron chi connectivity index (χ2n) is 1.84. The van der Waals surface area contributed by atoms with E-state index in [4.69, 9.17) is 42.4 Å². The Hall–Kier alpha value is -0.108. The molecule has 15 heavy (non-hydrogen) atoms. The molecule has 0 spiro atoms. The van der Waals surface area contributed by atoms with Gasteiger partial charge in [-0.2, -0.15) is 0 Å². The Bertz CT molecular complexity index is 65.1. The Morgan fingerprint density at radius 2 is 0.733 bits per heavy atom. The number of hydrogen-bond donors (Lipinski definition) is 7. The summed E-state index contributed by atoms with van der Waals surface area (Å²) in [5.41, 5.74) is 29.4. The maximum atomic E-state index is 8.57. The predicted octanol–water partition coefficient (Wildman–Crippen LogP) is -4.35. The van der Waals surface area contributed by atoms with E-state index in [9.17, 15) is 0 Å². The van der Waals surface area contributed by atoms with Gasteiger partial charge in [-0.15, -0.1) is 0 Å². The molecule has 0 aliphatic carbocycles. The SMILES string of the molecule is NCCN.NCCN.NCCN.[O]=[Al][OH]. The van der Waals surface area contributed by atoms with Gasteiger partial charge >= 0.3 is 23.4 Å². The van der Waals surface area contributed by atoms with Gasteiger partial charge in [-0.25, -0.2) is 0 Å². The molecular formula is C6H25AlN6O2. The summed E-state index contributed by atoms with van der Waals surface area (Å²) in [4.78, 5) is 0. The Kier molecular flexibility index (Phi) is 78.5. The standard InChI is InChI=1S/3C2H8N2.Al.H2O.O/c3*3-1-2-4;;;/h3*1-4H2;;1H2;/q;;;+1;;/p-1. The summed E-state index contributed by atoms with van der Waals surface area (Å²) in [5, 5.41) is 0. The van der Waals surface area contributed by atoms with Crippen molar-refractivity contribution in [2.45, 2.75) is 0 Å². The summed E-state index contributed by atoms with van der Waals surface area (Å²) in [6, 6.07) is 0. The zero-order valence-corrected chi connectivity index (χ0v) is 10.3. The molecule has 0 aliphatic heterocycles. The first-order valence-corrected chi connectivity index (χ1v) is 5.43. The van der Waals surface area contributed by atoms with Crippen molar-refractivity contribution in [3.05, 3.63) is 0 Å². The minimum absolute atomic E-state index is 0.597. The van der Waals surface area contributed by atoms with Gasteiger partial charge in [0.1, 0.15) is 0 Å². The number of rotatable bonds is 3. The van der Waals surface area contributed by atoms with Gasteiger partial charge in [0, 0.05) is 39.3 Å². The van der Waals surface area contributed by atoms with E-state index in [0.29, 0.717) is 39.3 Å². The predicted molar refractivity (Wildman–Crippen MR) is 63.0 cm³/mol. The molecule has 0 aromatic heterocycles. The van der Waals surface area contributed by atoms with Crippen LogP contribution in [0.1, 0.15) is 0 Å². The van der Waals surface area contributed by atoms with E-state index < -0.39 is 15.5 Å². The van der Waals surface area contributed by atoms with Crippen LogP contribution in [0.5, 0.6) is 0 Å². The van der Waals surface area contributed by atoms with Crippen LogP contribution in [0.3, 0.4) is 0 Å². The zero-order valence-electron chi connectivity index (χ0n) is 9.14. The number of hydrogen-bond acceptors (Lipinski definition) is 7. The Morgan fingerprint density at radius 1 is 0.667 bits per heavy atom. The van der Waals surface area contributed by atoms with E-state index in [1.165, 1.54) is 0 Å². The topological polar surface area (TPSA) is 193 Å². The molecule has 0 bridgehead atoms. The average molecular weight is 240 g/mol. The van der Waals surface area contributed by atoms with Crippen molar-refractivity contribution in [3.63, 3.8) is 0 Å². The molecule has 0 fully saturated rings. The van der Waals surface area contributed by atoms with Gasteiger partial charge in [-0.05, 0) is 0 Å². The van der Waals surface area contributed by atoms with Crippen molar-refractivity contribution in [3.8, 4) is 0 Å². The van der Waals surface area contributed by atoms with Crippen molar-refractivity contribution in [1.82, 2.24) is 0 Å². The van der Waals surface area contributed by atoms with E-state index >= 15 is 0 Å². The van der Waals surface area contributed by atoms with E-state index in [1.54, 1.807) is 0 Å². The quantitative estimate of drug-likeness (QED) is 0.240. The second-order valence-corrected chi connectivity index (χ2v) is 2.05. The first kappa shape index (κ1) is 24.2. The molecule has 0 amide bonds. The van der Waals surface area contributed by atoms with Crippen molar-refractivity contribution in [2.24, 2.45) is 34.4 Å². The van der Waals surface area contributed by atoms with Crippen LogP contribution in [0.2, 0.25) is 0 Å². The molecular weight excluding hydrogens is 215 g/mol. The molecule has 94 valence electrons. The van der Waals surface area contributed by atoms with Gasteiger partial charge in [0.2, 0.25) is 0 Å². The summed E-state index contributed by atoms with van der Waals surface area (Å²) in [5.74, 6) is 0. The van der Waals surface area contributed by atoms with Crippen molar-refractivity contribution < 1.29 is 7.96 Å². The molecule has 0 saturated carbocycles. The Labute approximate surface area is 97.6 Å². The molecule has 0 aromatic carbocycles. The van der Waals surface area contributed by atoms with Gasteiger partial charge in [-0.1, -0.05) is 0 Å². The van der Waals surface area contributed by atoms with Crippen LogP contribution in [0.25, 0.3) is 0 Å². The van der Waals surface area contributed by atoms with Crippen LogP contribution in [0.4, 0.5) is 0 Å². The summed E-state index contributed by atoms with van der Waals surface area (Å²) < 4.78 is 15.7. The van der Waals surface area contributed by atoms with Gasteiger partial charge < -0.3 is 34.4 Å². The third-order valence-corrected chi connectivity index (χ3v) is 0.500. The van der Waals surface area contributed by atoms with Gasteiger partial charge in [0.25, 0.3) is 0 Å². The zero-order chi connectivity index (χ0) is 12.9. The molecule has 0 rings (SSSR count). The van der Waals surface area contributed by atoms with Crippen molar-refractivity contribution in [2.75, 3.05) is 39.3 Å². The Morgan fingerprint density at radius 3 is 0.733 bits per heavy atom. The molecule has 0 unspecified atom stereocenters. The van der Waals surface area contributed by atoms with Crippen molar-refractivity contribution >= 4 is 15.5 Å². The summed E-state index contributed by atoms with van der Waals surface area (Å²) in [7, 11) is 0. The summed E-state index contributed by atoms with van der Waals surface area (Å²) in [6.07, 6.45) is 0. The molecule has 0 aliphatic rings. The van der Waals surface area contributed by atoms with E-state index in [0.717, 1.165) is 0 Å². The molecule has 0 heterocycles.